The van der Waals surface area contributed by atoms with E-state index in [0.29, 0.717) is 6.61 Å². The van der Waals surface area contributed by atoms with Crippen molar-refractivity contribution < 1.29 is 17.9 Å². The fourth-order valence-electron chi connectivity index (χ4n) is 1.44. The van der Waals surface area contributed by atoms with Crippen LogP contribution in [0.4, 0.5) is 0 Å². The first kappa shape index (κ1) is 18.7. The highest BCUT2D eigenvalue weighted by atomic mass is 79.9. The van der Waals surface area contributed by atoms with Crippen LogP contribution in [0.2, 0.25) is 5.02 Å². The van der Waals surface area contributed by atoms with Crippen molar-refractivity contribution >= 4 is 53.2 Å². The molecule has 0 saturated carbocycles. The lowest BCUT2D eigenvalue weighted by atomic mass is 10.2. The maximum atomic E-state index is 12.0. The number of carbonyl (C=O) groups excluding carboxylic acids is 1. The zero-order valence-corrected chi connectivity index (χ0v) is 15.2. The molecular weight excluding hydrogens is 405 g/mol. The van der Waals surface area contributed by atoms with Crippen molar-refractivity contribution in [3.8, 4) is 0 Å². The second kappa shape index (κ2) is 7.78. The quantitative estimate of drug-likeness (QED) is 0.568. The van der Waals surface area contributed by atoms with Gasteiger partial charge in [-0.3, -0.25) is 4.79 Å². The summed E-state index contributed by atoms with van der Waals surface area (Å²) in [6.45, 7) is 4.39. The number of carbonyl (C=O) groups is 1. The molecule has 0 heterocycles. The Morgan fingerprint density at radius 2 is 2.05 bits per heavy atom. The van der Waals surface area contributed by atoms with Crippen LogP contribution in [-0.2, 0) is 13.8 Å². The molecule has 0 aliphatic rings. The van der Waals surface area contributed by atoms with Gasteiger partial charge in [0.1, 0.15) is 0 Å². The summed E-state index contributed by atoms with van der Waals surface area (Å²) in [6.07, 6.45) is 0.0613. The van der Waals surface area contributed by atoms with Gasteiger partial charge in [0.15, 0.2) is 0 Å². The number of halogens is 3. The van der Waals surface area contributed by atoms with Crippen LogP contribution in [0.15, 0.2) is 21.5 Å². The molecule has 0 bridgehead atoms. The summed E-state index contributed by atoms with van der Waals surface area (Å²) in [7, 11) is 1.32. The number of benzene rings is 1. The van der Waals surface area contributed by atoms with Crippen molar-refractivity contribution in [2.75, 3.05) is 13.2 Å². The molecule has 21 heavy (non-hydrogen) atoms. The van der Waals surface area contributed by atoms with Crippen LogP contribution in [0.3, 0.4) is 0 Å². The average Bonchev–Trinajstić information content (AvgIpc) is 2.32. The summed E-state index contributed by atoms with van der Waals surface area (Å²) in [5, 5.41) is 2.71. The Kier molecular flexibility index (Phi) is 6.93. The standard InChI is InChI=1S/C12H14BrCl2NO4S/c1-7(2)20-4-3-16-12(17)8-5-11(21(15,18)19)9(13)6-10(8)14/h5-7H,3-4H2,1-2H3,(H,16,17). The molecule has 5 nitrogen and oxygen atoms in total. The van der Waals surface area contributed by atoms with Crippen LogP contribution >= 0.6 is 38.2 Å². The van der Waals surface area contributed by atoms with Gasteiger partial charge in [-0.1, -0.05) is 11.6 Å². The Morgan fingerprint density at radius 3 is 2.57 bits per heavy atom. The third kappa shape index (κ3) is 5.75. The van der Waals surface area contributed by atoms with Crippen LogP contribution in [0.1, 0.15) is 24.2 Å². The fourth-order valence-corrected chi connectivity index (χ4v) is 4.02. The highest BCUT2D eigenvalue weighted by Gasteiger charge is 2.20. The molecule has 0 unspecified atom stereocenters. The van der Waals surface area contributed by atoms with Crippen molar-refractivity contribution in [1.29, 1.82) is 0 Å². The van der Waals surface area contributed by atoms with E-state index in [-0.39, 0.29) is 32.6 Å². The molecule has 0 saturated heterocycles. The normalized spacial score (nSPS) is 11.7. The fraction of sp³-hybridized carbons (Fsp3) is 0.417. The van der Waals surface area contributed by atoms with Gasteiger partial charge >= 0.3 is 0 Å². The van der Waals surface area contributed by atoms with Crippen molar-refractivity contribution in [3.05, 3.63) is 27.2 Å². The van der Waals surface area contributed by atoms with E-state index in [0.717, 1.165) is 6.07 Å². The summed E-state index contributed by atoms with van der Waals surface area (Å²) in [4.78, 5) is 11.8. The van der Waals surface area contributed by atoms with E-state index in [9.17, 15) is 13.2 Å². The summed E-state index contributed by atoms with van der Waals surface area (Å²) in [5.41, 5.74) is 0.0311. The molecule has 0 atom stereocenters. The molecule has 9 heteroatoms. The Hall–Kier alpha value is -0.340. The smallest absolute Gasteiger partial charge is 0.262 e. The summed E-state index contributed by atoms with van der Waals surface area (Å²) in [5.74, 6) is -0.499. The molecule has 1 rings (SSSR count). The van der Waals surface area contributed by atoms with Gasteiger partial charge in [-0.05, 0) is 41.9 Å². The Morgan fingerprint density at radius 1 is 1.43 bits per heavy atom. The summed E-state index contributed by atoms with van der Waals surface area (Å²) >= 11 is 9.00. The van der Waals surface area contributed by atoms with Gasteiger partial charge in [-0.2, -0.15) is 0 Å². The van der Waals surface area contributed by atoms with Crippen LogP contribution in [-0.4, -0.2) is 33.6 Å². The molecule has 118 valence electrons. The van der Waals surface area contributed by atoms with E-state index < -0.39 is 15.0 Å². The first-order valence-corrected chi connectivity index (χ1v) is 9.44. The molecule has 0 radical (unpaired) electrons. The molecule has 1 N–H and O–H groups in total. The number of hydrogen-bond donors (Lipinski definition) is 1. The maximum Gasteiger partial charge on any atom is 0.262 e. The Labute approximate surface area is 141 Å². The van der Waals surface area contributed by atoms with E-state index in [1.807, 2.05) is 13.8 Å². The maximum absolute atomic E-state index is 12.0. The SMILES string of the molecule is CC(C)OCCNC(=O)c1cc(S(=O)(=O)Cl)c(Br)cc1Cl. The largest absolute Gasteiger partial charge is 0.377 e. The predicted molar refractivity (Wildman–Crippen MR) is 85.6 cm³/mol. The Balaban J connectivity index is 2.90. The van der Waals surface area contributed by atoms with Gasteiger partial charge in [0.05, 0.1) is 28.2 Å². The van der Waals surface area contributed by atoms with E-state index in [1.54, 1.807) is 0 Å². The van der Waals surface area contributed by atoms with Crippen molar-refractivity contribution in [2.24, 2.45) is 0 Å². The zero-order valence-electron chi connectivity index (χ0n) is 11.3. The first-order valence-electron chi connectivity index (χ1n) is 5.96. The summed E-state index contributed by atoms with van der Waals surface area (Å²) in [6, 6.07) is 2.45. The minimum Gasteiger partial charge on any atom is -0.377 e. The van der Waals surface area contributed by atoms with Gasteiger partial charge in [0.2, 0.25) is 0 Å². The molecular formula is C12H14BrCl2NO4S. The molecule has 1 amide bonds. The lowest BCUT2D eigenvalue weighted by Gasteiger charge is -2.11. The average molecular weight is 419 g/mol. The van der Waals surface area contributed by atoms with Gasteiger partial charge < -0.3 is 10.1 Å². The second-order valence-corrected chi connectivity index (χ2v) is 8.17. The molecule has 0 spiro atoms. The van der Waals surface area contributed by atoms with Gasteiger partial charge in [0.25, 0.3) is 15.0 Å². The second-order valence-electron chi connectivity index (χ2n) is 4.38. The van der Waals surface area contributed by atoms with E-state index >= 15 is 0 Å². The van der Waals surface area contributed by atoms with Crippen LogP contribution in [0.5, 0.6) is 0 Å². The topological polar surface area (TPSA) is 72.5 Å². The van der Waals surface area contributed by atoms with Gasteiger partial charge in [0, 0.05) is 21.7 Å². The minimum atomic E-state index is -3.98. The molecule has 0 fully saturated rings. The molecule has 0 aliphatic carbocycles. The lowest BCUT2D eigenvalue weighted by Crippen LogP contribution is -2.28. The third-order valence-electron chi connectivity index (χ3n) is 2.37. The van der Waals surface area contributed by atoms with Crippen LogP contribution in [0, 0.1) is 0 Å². The predicted octanol–water partition coefficient (Wildman–Crippen LogP) is 3.18. The van der Waals surface area contributed by atoms with Crippen molar-refractivity contribution in [2.45, 2.75) is 24.8 Å². The van der Waals surface area contributed by atoms with Gasteiger partial charge in [-0.25, -0.2) is 8.42 Å². The van der Waals surface area contributed by atoms with Gasteiger partial charge in [-0.15, -0.1) is 0 Å². The Bertz CT molecular complexity index is 634. The monoisotopic (exact) mass is 417 g/mol. The zero-order chi connectivity index (χ0) is 16.2. The van der Waals surface area contributed by atoms with E-state index in [1.165, 1.54) is 6.07 Å². The summed E-state index contributed by atoms with van der Waals surface area (Å²) < 4.78 is 28.3. The van der Waals surface area contributed by atoms with Crippen LogP contribution < -0.4 is 5.32 Å². The molecule has 1 aromatic rings. The van der Waals surface area contributed by atoms with Crippen molar-refractivity contribution in [1.82, 2.24) is 5.32 Å². The van der Waals surface area contributed by atoms with E-state index in [4.69, 9.17) is 27.0 Å². The number of hydrogen-bond acceptors (Lipinski definition) is 4. The lowest BCUT2D eigenvalue weighted by molar-refractivity contribution is 0.0746. The minimum absolute atomic E-state index is 0.0311. The number of ether oxygens (including phenoxy) is 1. The van der Waals surface area contributed by atoms with Crippen LogP contribution in [0.25, 0.3) is 0 Å². The molecule has 0 aliphatic heterocycles. The first-order chi connectivity index (χ1) is 9.62. The third-order valence-corrected chi connectivity index (χ3v) is 4.96. The number of nitrogens with one attached hydrogen (secondary N) is 1. The molecule has 1 aromatic carbocycles. The number of rotatable bonds is 6. The van der Waals surface area contributed by atoms with Crippen molar-refractivity contribution in [3.63, 3.8) is 0 Å². The van der Waals surface area contributed by atoms with E-state index in [2.05, 4.69) is 21.2 Å². The number of amides is 1. The highest BCUT2D eigenvalue weighted by Crippen LogP contribution is 2.30. The highest BCUT2D eigenvalue weighted by molar-refractivity contribution is 9.10. The molecule has 0 aromatic heterocycles.